The van der Waals surface area contributed by atoms with Crippen LogP contribution in [0.15, 0.2) is 85.2 Å². The minimum Gasteiger partial charge on any atom is -0.384 e. The Labute approximate surface area is 413 Å². The van der Waals surface area contributed by atoms with Crippen LogP contribution in [0.5, 0.6) is 0 Å². The Morgan fingerprint density at radius 1 is 0.549 bits per heavy atom. The zero-order valence-electron chi connectivity index (χ0n) is 40.5. The molecule has 2 aromatic heterocycles. The molecule has 0 unspecified atom stereocenters. The van der Waals surface area contributed by atoms with E-state index in [4.69, 9.17) is 19.2 Å². The van der Waals surface area contributed by atoms with E-state index in [9.17, 15) is 31.1 Å². The summed E-state index contributed by atoms with van der Waals surface area (Å²) in [6, 6.07) is 19.1. The topological polar surface area (TPSA) is 98.8 Å². The van der Waals surface area contributed by atoms with E-state index in [1.807, 2.05) is 29.4 Å². The van der Waals surface area contributed by atoms with Crippen LogP contribution in [-0.4, -0.2) is 131 Å². The van der Waals surface area contributed by atoms with E-state index >= 15 is 0 Å². The van der Waals surface area contributed by atoms with Crippen LogP contribution < -0.4 is 20.0 Å². The molecule has 5 fully saturated rings. The molecule has 71 heavy (non-hydrogen) atoms. The van der Waals surface area contributed by atoms with Gasteiger partial charge in [0.15, 0.2) is 0 Å². The largest absolute Gasteiger partial charge is 0.416 e. The van der Waals surface area contributed by atoms with Crippen molar-refractivity contribution in [3.8, 4) is 0 Å². The van der Waals surface area contributed by atoms with Gasteiger partial charge in [0.05, 0.1) is 61.3 Å². The normalized spacial score (nSPS) is 19.5. The molecule has 4 aromatic rings. The third-order valence-corrected chi connectivity index (χ3v) is 14.4. The first-order valence-corrected chi connectivity index (χ1v) is 25.3. The van der Waals surface area contributed by atoms with E-state index in [0.717, 1.165) is 157 Å². The molecule has 0 spiro atoms. The van der Waals surface area contributed by atoms with E-state index in [-0.39, 0.29) is 5.91 Å². The second-order valence-corrected chi connectivity index (χ2v) is 19.5. The lowest BCUT2D eigenvalue weighted by molar-refractivity contribution is -0.138. The number of morpholine rings is 2. The summed E-state index contributed by atoms with van der Waals surface area (Å²) in [4.78, 5) is 33.9. The number of piperidine rings is 2. The van der Waals surface area contributed by atoms with E-state index in [0.29, 0.717) is 70.2 Å². The zero-order chi connectivity index (χ0) is 49.6. The number of likely N-dealkylation sites (tertiary alicyclic amines) is 2. The Morgan fingerprint density at radius 3 is 1.46 bits per heavy atom. The summed E-state index contributed by atoms with van der Waals surface area (Å²) in [5.41, 5.74) is 2.47. The van der Waals surface area contributed by atoms with Gasteiger partial charge in [-0.1, -0.05) is 24.3 Å². The van der Waals surface area contributed by atoms with Gasteiger partial charge in [-0.2, -0.15) is 26.3 Å². The summed E-state index contributed by atoms with van der Waals surface area (Å²) in [6.07, 6.45) is 1.48. The number of pyridine rings is 2. The molecule has 18 heteroatoms. The number of halogens is 6. The van der Waals surface area contributed by atoms with Crippen molar-refractivity contribution in [2.24, 2.45) is 17.8 Å². The van der Waals surface area contributed by atoms with Crippen LogP contribution in [0.25, 0.3) is 0 Å². The van der Waals surface area contributed by atoms with Crippen molar-refractivity contribution < 1.29 is 45.3 Å². The van der Waals surface area contributed by atoms with Gasteiger partial charge in [-0.15, -0.1) is 0 Å². The van der Waals surface area contributed by atoms with Crippen molar-refractivity contribution in [1.82, 2.24) is 19.8 Å². The molecule has 9 rings (SSSR count). The second-order valence-electron chi connectivity index (χ2n) is 19.5. The summed E-state index contributed by atoms with van der Waals surface area (Å²) in [6.45, 7) is 14.2. The van der Waals surface area contributed by atoms with Crippen LogP contribution in [0, 0.1) is 17.8 Å². The number of carbonyl (C=O) groups excluding carboxylic acids is 1. The fourth-order valence-corrected chi connectivity index (χ4v) is 9.96. The Morgan fingerprint density at radius 2 is 1.01 bits per heavy atom. The van der Waals surface area contributed by atoms with Gasteiger partial charge in [-0.3, -0.25) is 14.6 Å². The third-order valence-electron chi connectivity index (χ3n) is 14.4. The molecule has 0 saturated carbocycles. The van der Waals surface area contributed by atoms with Gasteiger partial charge in [0.2, 0.25) is 5.91 Å². The Bertz CT molecular complexity index is 2200. The predicted molar refractivity (Wildman–Crippen MR) is 262 cm³/mol. The molecule has 0 atom stereocenters. The number of hydrogen-bond acceptors (Lipinski definition) is 11. The van der Waals surface area contributed by atoms with E-state index in [1.165, 1.54) is 12.1 Å². The van der Waals surface area contributed by atoms with Crippen molar-refractivity contribution >= 4 is 28.9 Å². The van der Waals surface area contributed by atoms with Gasteiger partial charge in [0, 0.05) is 72.0 Å². The van der Waals surface area contributed by atoms with Crippen LogP contribution in [0.3, 0.4) is 0 Å². The number of amides is 1. The van der Waals surface area contributed by atoms with Crippen molar-refractivity contribution in [3.63, 3.8) is 0 Å². The lowest BCUT2D eigenvalue weighted by Gasteiger charge is -2.35. The molecular formula is C53H68F6N8O4. The molecule has 1 amide bonds. The van der Waals surface area contributed by atoms with Gasteiger partial charge in [-0.25, -0.2) is 9.97 Å². The van der Waals surface area contributed by atoms with Gasteiger partial charge in [0.25, 0.3) is 0 Å². The van der Waals surface area contributed by atoms with E-state index in [2.05, 4.69) is 42.0 Å². The van der Waals surface area contributed by atoms with Gasteiger partial charge in [0.1, 0.15) is 11.6 Å². The lowest BCUT2D eigenvalue weighted by Crippen LogP contribution is -2.41. The minimum atomic E-state index is -4.32. The standard InChI is InChI=1S/C30H39F3N4O3.C23H29F3N4O/c31-30(32,33)26-3-1-24(2-4-26)21-35-11-7-25(8-12-35)22-37(29(38)19-23-9-15-39-16-10-23)27-5-6-28(34-20-27)36-13-17-40-18-14-36;24-23(25,26)20-3-1-19(2-4-20)17-29-9-7-18(8-10-29)15-27-21-5-6-22(28-16-21)30-11-13-31-14-12-30/h1-6,20,23,25H,7-19,21-22H2;1-6,16,18,27H,7-15,17H2. The zero-order valence-corrected chi connectivity index (χ0v) is 40.5. The highest BCUT2D eigenvalue weighted by Gasteiger charge is 2.32. The lowest BCUT2D eigenvalue weighted by atomic mass is 9.93. The van der Waals surface area contributed by atoms with Crippen LogP contribution in [-0.2, 0) is 44.4 Å². The molecule has 7 heterocycles. The quantitative estimate of drug-likeness (QED) is 0.123. The molecule has 1 N–H and O–H groups in total. The maximum Gasteiger partial charge on any atom is 0.416 e. The molecule has 5 saturated heterocycles. The molecule has 5 aliphatic rings. The summed E-state index contributed by atoms with van der Waals surface area (Å²) in [5, 5.41) is 3.50. The number of alkyl halides is 6. The average molecular weight is 995 g/mol. The number of aromatic nitrogens is 2. The maximum absolute atomic E-state index is 13.6. The van der Waals surface area contributed by atoms with Crippen LogP contribution >= 0.6 is 0 Å². The number of rotatable bonds is 14. The Balaban J connectivity index is 0.000000197. The van der Waals surface area contributed by atoms with E-state index < -0.39 is 23.5 Å². The first-order chi connectivity index (χ1) is 34.3. The Hall–Kier alpha value is -5.01. The van der Waals surface area contributed by atoms with Crippen LogP contribution in [0.1, 0.15) is 67.2 Å². The molecule has 0 bridgehead atoms. The highest BCUT2D eigenvalue weighted by molar-refractivity contribution is 5.93. The van der Waals surface area contributed by atoms with Crippen LogP contribution in [0.4, 0.5) is 49.4 Å². The van der Waals surface area contributed by atoms with Crippen molar-refractivity contribution in [2.45, 2.75) is 70.4 Å². The highest BCUT2D eigenvalue weighted by atomic mass is 19.4. The minimum absolute atomic E-state index is 0.139. The predicted octanol–water partition coefficient (Wildman–Crippen LogP) is 9.26. The summed E-state index contributed by atoms with van der Waals surface area (Å²) in [5.74, 6) is 3.31. The van der Waals surface area contributed by atoms with Crippen molar-refractivity contribution in [1.29, 1.82) is 0 Å². The number of nitrogens with zero attached hydrogens (tertiary/aromatic N) is 7. The molecular weight excluding hydrogens is 927 g/mol. The van der Waals surface area contributed by atoms with Crippen LogP contribution in [0.2, 0.25) is 0 Å². The molecule has 12 nitrogen and oxygen atoms in total. The number of hydrogen-bond donors (Lipinski definition) is 1. The summed E-state index contributed by atoms with van der Waals surface area (Å²) < 4.78 is 93.1. The number of carbonyl (C=O) groups is 1. The SMILES string of the molecule is FC(F)(F)c1ccc(CN2CCC(CNc3ccc(N4CCOCC4)nc3)CC2)cc1.O=C(CC1CCOCC1)N(CC1CCN(Cc2ccc(C(F)(F)F)cc2)CC1)c1ccc(N2CCOCC2)nc1. The van der Waals surface area contributed by atoms with Crippen molar-refractivity contribution in [2.75, 3.05) is 125 Å². The average Bonchev–Trinajstić information content (AvgIpc) is 3.39. The molecule has 0 aliphatic carbocycles. The number of anilines is 4. The van der Waals surface area contributed by atoms with Crippen molar-refractivity contribution in [3.05, 3.63) is 107 Å². The fraction of sp³-hybridized carbons (Fsp3) is 0.566. The first-order valence-electron chi connectivity index (χ1n) is 25.3. The smallest absolute Gasteiger partial charge is 0.384 e. The molecule has 386 valence electrons. The number of nitrogens with one attached hydrogen (secondary N) is 1. The van der Waals surface area contributed by atoms with E-state index in [1.54, 1.807) is 24.3 Å². The molecule has 0 radical (unpaired) electrons. The fourth-order valence-electron chi connectivity index (χ4n) is 9.96. The number of ether oxygens (including phenoxy) is 3. The highest BCUT2D eigenvalue weighted by Crippen LogP contribution is 2.32. The number of benzene rings is 2. The van der Waals surface area contributed by atoms with Gasteiger partial charge in [-0.05, 0) is 142 Å². The molecule has 2 aromatic carbocycles. The maximum atomic E-state index is 13.6. The molecule has 5 aliphatic heterocycles. The monoisotopic (exact) mass is 995 g/mol. The Kier molecular flexibility index (Phi) is 18.5. The third kappa shape index (κ3) is 15.7. The first kappa shape index (κ1) is 52.3. The van der Waals surface area contributed by atoms with Gasteiger partial charge < -0.3 is 34.2 Å². The van der Waals surface area contributed by atoms with Gasteiger partial charge >= 0.3 is 12.4 Å². The summed E-state index contributed by atoms with van der Waals surface area (Å²) in [7, 11) is 0. The summed E-state index contributed by atoms with van der Waals surface area (Å²) >= 11 is 0. The second kappa shape index (κ2) is 25.1.